The van der Waals surface area contributed by atoms with E-state index in [1.165, 1.54) is 0 Å². The molecule has 4 nitrogen and oxygen atoms in total. The van der Waals surface area contributed by atoms with Crippen molar-refractivity contribution >= 4 is 11.9 Å². The fraction of sp³-hybridized carbons (Fsp3) is 0.208. The van der Waals surface area contributed by atoms with Gasteiger partial charge in [0, 0.05) is 6.21 Å². The van der Waals surface area contributed by atoms with Crippen molar-refractivity contribution in [2.45, 2.75) is 20.5 Å². The van der Waals surface area contributed by atoms with Gasteiger partial charge in [-0.2, -0.15) is 0 Å². The molecule has 0 fully saturated rings. The Bertz CT molecular complexity index is 889. The van der Waals surface area contributed by atoms with Gasteiger partial charge in [-0.25, -0.2) is 0 Å². The second-order valence-corrected chi connectivity index (χ2v) is 6.10. The molecule has 0 saturated heterocycles. The maximum Gasteiger partial charge on any atom is 0.161 e. The lowest BCUT2D eigenvalue weighted by Gasteiger charge is -2.12. The highest BCUT2D eigenvalue weighted by molar-refractivity contribution is 5.83. The van der Waals surface area contributed by atoms with E-state index in [4.69, 9.17) is 14.2 Å². The molecule has 3 aromatic rings. The molecule has 3 aromatic carbocycles. The van der Waals surface area contributed by atoms with Gasteiger partial charge in [0.15, 0.2) is 11.5 Å². The quantitative estimate of drug-likeness (QED) is 0.443. The molecule has 28 heavy (non-hydrogen) atoms. The molecule has 0 unspecified atom stereocenters. The minimum absolute atomic E-state index is 0.501. The van der Waals surface area contributed by atoms with E-state index in [0.29, 0.717) is 25.6 Å². The van der Waals surface area contributed by atoms with Crippen LogP contribution >= 0.6 is 0 Å². The van der Waals surface area contributed by atoms with Gasteiger partial charge >= 0.3 is 0 Å². The Morgan fingerprint density at radius 1 is 0.750 bits per heavy atom. The molecule has 0 aliphatic carbocycles. The molecule has 0 amide bonds. The van der Waals surface area contributed by atoms with Gasteiger partial charge in [-0.3, -0.25) is 4.99 Å². The molecule has 3 rings (SSSR count). The molecule has 0 spiro atoms. The van der Waals surface area contributed by atoms with Crippen LogP contribution in [0.15, 0.2) is 77.8 Å². The fourth-order valence-corrected chi connectivity index (χ4v) is 2.67. The zero-order chi connectivity index (χ0) is 19.6. The van der Waals surface area contributed by atoms with Crippen LogP contribution in [-0.4, -0.2) is 19.4 Å². The molecule has 0 aliphatic rings. The Morgan fingerprint density at radius 3 is 2.21 bits per heavy atom. The van der Waals surface area contributed by atoms with Crippen molar-refractivity contribution in [1.82, 2.24) is 0 Å². The highest BCUT2D eigenvalue weighted by Crippen LogP contribution is 2.29. The molecule has 144 valence electrons. The highest BCUT2D eigenvalue weighted by atomic mass is 16.5. The molecular weight excluding hydrogens is 350 g/mol. The van der Waals surface area contributed by atoms with Gasteiger partial charge in [-0.05, 0) is 67.4 Å². The van der Waals surface area contributed by atoms with Crippen molar-refractivity contribution in [3.05, 3.63) is 83.9 Å². The van der Waals surface area contributed by atoms with E-state index in [1.807, 2.05) is 92.9 Å². The lowest BCUT2D eigenvalue weighted by molar-refractivity contribution is 0.269. The summed E-state index contributed by atoms with van der Waals surface area (Å²) in [5.41, 5.74) is 2.93. The summed E-state index contributed by atoms with van der Waals surface area (Å²) in [5.74, 6) is 2.29. The Labute approximate surface area is 166 Å². The molecule has 0 N–H and O–H groups in total. The summed E-state index contributed by atoms with van der Waals surface area (Å²) in [4.78, 5) is 4.53. The zero-order valence-corrected chi connectivity index (χ0v) is 16.3. The Balaban J connectivity index is 1.70. The number of benzene rings is 3. The first kappa shape index (κ1) is 19.5. The van der Waals surface area contributed by atoms with E-state index in [2.05, 4.69) is 4.99 Å². The number of hydrogen-bond donors (Lipinski definition) is 0. The van der Waals surface area contributed by atoms with Gasteiger partial charge in [0.1, 0.15) is 12.4 Å². The minimum Gasteiger partial charge on any atom is -0.494 e. The van der Waals surface area contributed by atoms with Crippen LogP contribution in [0.3, 0.4) is 0 Å². The smallest absolute Gasteiger partial charge is 0.161 e. The van der Waals surface area contributed by atoms with Crippen LogP contribution in [0.2, 0.25) is 0 Å². The average Bonchev–Trinajstić information content (AvgIpc) is 2.74. The van der Waals surface area contributed by atoms with Crippen molar-refractivity contribution in [1.29, 1.82) is 0 Å². The normalized spacial score (nSPS) is 10.8. The number of aliphatic imine (C=N–C) groups is 1. The van der Waals surface area contributed by atoms with Crippen molar-refractivity contribution in [2.75, 3.05) is 13.2 Å². The zero-order valence-electron chi connectivity index (χ0n) is 16.3. The van der Waals surface area contributed by atoms with E-state index >= 15 is 0 Å². The molecule has 0 bridgehead atoms. The van der Waals surface area contributed by atoms with Crippen molar-refractivity contribution in [3.63, 3.8) is 0 Å². The first-order valence-electron chi connectivity index (χ1n) is 9.49. The van der Waals surface area contributed by atoms with E-state index in [0.717, 1.165) is 28.3 Å². The van der Waals surface area contributed by atoms with Gasteiger partial charge in [0.25, 0.3) is 0 Å². The monoisotopic (exact) mass is 375 g/mol. The van der Waals surface area contributed by atoms with Crippen LogP contribution in [0.1, 0.15) is 25.0 Å². The first-order valence-corrected chi connectivity index (χ1v) is 9.49. The molecule has 0 radical (unpaired) electrons. The predicted octanol–water partition coefficient (Wildman–Crippen LogP) is 5.81. The summed E-state index contributed by atoms with van der Waals surface area (Å²) in [6, 6.07) is 23.6. The van der Waals surface area contributed by atoms with Gasteiger partial charge < -0.3 is 14.2 Å². The van der Waals surface area contributed by atoms with E-state index in [1.54, 1.807) is 0 Å². The number of rotatable bonds is 9. The summed E-state index contributed by atoms with van der Waals surface area (Å²) in [7, 11) is 0. The van der Waals surface area contributed by atoms with Gasteiger partial charge in [0.05, 0.1) is 18.9 Å². The Morgan fingerprint density at radius 2 is 1.50 bits per heavy atom. The molecule has 0 saturated carbocycles. The summed E-state index contributed by atoms with van der Waals surface area (Å²) in [6.07, 6.45) is 1.82. The summed E-state index contributed by atoms with van der Waals surface area (Å²) in [6.45, 7) is 5.65. The lowest BCUT2D eigenvalue weighted by atomic mass is 10.2. The number of nitrogens with zero attached hydrogens (tertiary/aromatic N) is 1. The second-order valence-electron chi connectivity index (χ2n) is 6.10. The standard InChI is InChI=1S/C24H25NO3/c1-3-26-22-13-11-21(12-14-22)25-17-20-10-15-23(24(16-20)27-4-2)28-18-19-8-6-5-7-9-19/h5-17H,3-4,18H2,1-2H3. The fourth-order valence-electron chi connectivity index (χ4n) is 2.67. The molecule has 4 heteroatoms. The maximum absolute atomic E-state index is 5.95. The Kier molecular flexibility index (Phi) is 7.08. The lowest BCUT2D eigenvalue weighted by Crippen LogP contribution is -2.00. The predicted molar refractivity (Wildman–Crippen MR) is 113 cm³/mol. The van der Waals surface area contributed by atoms with E-state index < -0.39 is 0 Å². The van der Waals surface area contributed by atoms with E-state index in [9.17, 15) is 0 Å². The van der Waals surface area contributed by atoms with Crippen LogP contribution in [0.5, 0.6) is 17.2 Å². The second kappa shape index (κ2) is 10.2. The SMILES string of the molecule is CCOc1ccc(N=Cc2ccc(OCc3ccccc3)c(OCC)c2)cc1. The summed E-state index contributed by atoms with van der Waals surface area (Å²) < 4.78 is 17.2. The van der Waals surface area contributed by atoms with Crippen LogP contribution in [-0.2, 0) is 6.61 Å². The van der Waals surface area contributed by atoms with Crippen LogP contribution in [0, 0.1) is 0 Å². The first-order chi connectivity index (χ1) is 13.8. The van der Waals surface area contributed by atoms with Crippen molar-refractivity contribution in [2.24, 2.45) is 4.99 Å². The Hall–Kier alpha value is -3.27. The number of hydrogen-bond acceptors (Lipinski definition) is 4. The third-order valence-corrected chi connectivity index (χ3v) is 4.02. The third kappa shape index (κ3) is 5.61. The maximum atomic E-state index is 5.95. The van der Waals surface area contributed by atoms with Gasteiger partial charge in [-0.1, -0.05) is 30.3 Å². The van der Waals surface area contributed by atoms with Gasteiger partial charge in [-0.15, -0.1) is 0 Å². The van der Waals surface area contributed by atoms with Crippen molar-refractivity contribution < 1.29 is 14.2 Å². The van der Waals surface area contributed by atoms with Crippen LogP contribution in [0.25, 0.3) is 0 Å². The van der Waals surface area contributed by atoms with Crippen molar-refractivity contribution in [3.8, 4) is 17.2 Å². The molecule has 0 atom stereocenters. The van der Waals surface area contributed by atoms with E-state index in [-0.39, 0.29) is 0 Å². The average molecular weight is 375 g/mol. The highest BCUT2D eigenvalue weighted by Gasteiger charge is 2.06. The van der Waals surface area contributed by atoms with Gasteiger partial charge in [0.2, 0.25) is 0 Å². The summed E-state index contributed by atoms with van der Waals surface area (Å²) in [5, 5.41) is 0. The third-order valence-electron chi connectivity index (χ3n) is 4.02. The molecular formula is C24H25NO3. The largest absolute Gasteiger partial charge is 0.494 e. The van der Waals surface area contributed by atoms with Crippen LogP contribution in [0.4, 0.5) is 5.69 Å². The van der Waals surface area contributed by atoms with Crippen LogP contribution < -0.4 is 14.2 Å². The topological polar surface area (TPSA) is 40.0 Å². The molecule has 0 aliphatic heterocycles. The molecule has 0 aromatic heterocycles. The summed E-state index contributed by atoms with van der Waals surface area (Å²) >= 11 is 0. The minimum atomic E-state index is 0.501. The number of ether oxygens (including phenoxy) is 3. The molecule has 0 heterocycles.